The Hall–Kier alpha value is -1.22. The highest BCUT2D eigenvalue weighted by molar-refractivity contribution is 7.89. The molecule has 6 nitrogen and oxygen atoms in total. The van der Waals surface area contributed by atoms with Crippen LogP contribution in [0.4, 0.5) is 0 Å². The molecule has 2 rings (SSSR count). The summed E-state index contributed by atoms with van der Waals surface area (Å²) in [7, 11) is -1.78. The molecule has 0 unspecified atom stereocenters. The van der Waals surface area contributed by atoms with Gasteiger partial charge in [-0.05, 0) is 31.8 Å². The van der Waals surface area contributed by atoms with Crippen molar-refractivity contribution >= 4 is 21.4 Å². The number of hydrogen-bond acceptors (Lipinski definition) is 5. The Labute approximate surface area is 122 Å². The lowest BCUT2D eigenvalue weighted by Gasteiger charge is -2.07. The van der Waals surface area contributed by atoms with E-state index in [1.54, 1.807) is 25.3 Å². The Morgan fingerprint density at radius 2 is 2.25 bits per heavy atom. The van der Waals surface area contributed by atoms with Gasteiger partial charge in [0.15, 0.2) is 0 Å². The molecule has 0 aliphatic heterocycles. The molecule has 8 heteroatoms. The fourth-order valence-corrected chi connectivity index (χ4v) is 4.05. The minimum absolute atomic E-state index is 0.248. The number of nitrogens with one attached hydrogen (secondary N) is 3. The summed E-state index contributed by atoms with van der Waals surface area (Å²) in [5.41, 5.74) is 1.06. The number of rotatable bonds is 7. The first-order valence-corrected chi connectivity index (χ1v) is 8.61. The van der Waals surface area contributed by atoms with E-state index in [1.807, 2.05) is 17.5 Å². The van der Waals surface area contributed by atoms with Crippen LogP contribution in [-0.2, 0) is 23.0 Å². The minimum Gasteiger partial charge on any atom is -0.314 e. The molecule has 2 heterocycles. The van der Waals surface area contributed by atoms with E-state index in [-0.39, 0.29) is 4.90 Å². The number of sulfonamides is 1. The maximum Gasteiger partial charge on any atom is 0.244 e. The van der Waals surface area contributed by atoms with Gasteiger partial charge in [0, 0.05) is 18.0 Å². The largest absolute Gasteiger partial charge is 0.314 e. The number of nitrogens with zero attached hydrogens (tertiary/aromatic N) is 1. The van der Waals surface area contributed by atoms with E-state index in [4.69, 9.17) is 0 Å². The van der Waals surface area contributed by atoms with Gasteiger partial charge in [-0.2, -0.15) is 5.10 Å². The van der Waals surface area contributed by atoms with Crippen LogP contribution in [0.15, 0.2) is 22.4 Å². The van der Waals surface area contributed by atoms with Gasteiger partial charge in [-0.15, -0.1) is 11.3 Å². The third-order valence-electron chi connectivity index (χ3n) is 2.82. The van der Waals surface area contributed by atoms with Gasteiger partial charge >= 0.3 is 0 Å². The summed E-state index contributed by atoms with van der Waals surface area (Å²) >= 11 is 1.62. The molecule has 2 aromatic rings. The van der Waals surface area contributed by atoms with Crippen LogP contribution >= 0.6 is 11.3 Å². The fourth-order valence-electron chi connectivity index (χ4n) is 1.95. The van der Waals surface area contributed by atoms with Crippen LogP contribution in [0, 0.1) is 6.92 Å². The van der Waals surface area contributed by atoms with Gasteiger partial charge < -0.3 is 5.32 Å². The van der Waals surface area contributed by atoms with E-state index in [0.29, 0.717) is 30.9 Å². The van der Waals surface area contributed by atoms with Crippen LogP contribution in [0.25, 0.3) is 0 Å². The smallest absolute Gasteiger partial charge is 0.244 e. The van der Waals surface area contributed by atoms with Crippen molar-refractivity contribution in [1.29, 1.82) is 0 Å². The molecule has 0 spiro atoms. The number of aromatic nitrogens is 2. The summed E-state index contributed by atoms with van der Waals surface area (Å²) in [4.78, 5) is 1.41. The third-order valence-corrected chi connectivity index (χ3v) is 5.42. The first-order chi connectivity index (χ1) is 9.54. The molecular formula is C12H18N4O2S2. The van der Waals surface area contributed by atoms with E-state index >= 15 is 0 Å². The summed E-state index contributed by atoms with van der Waals surface area (Å²) in [6.45, 7) is 2.50. The third kappa shape index (κ3) is 3.45. The number of hydrogen-bond donors (Lipinski definition) is 3. The second-order valence-corrected chi connectivity index (χ2v) is 7.12. The van der Waals surface area contributed by atoms with Crippen LogP contribution in [0.2, 0.25) is 0 Å². The summed E-state index contributed by atoms with van der Waals surface area (Å²) in [6.07, 6.45) is 0.690. The molecule has 3 N–H and O–H groups in total. The average Bonchev–Trinajstić information content (AvgIpc) is 3.00. The second-order valence-electron chi connectivity index (χ2n) is 4.38. The zero-order valence-corrected chi connectivity index (χ0v) is 13.1. The Bertz CT molecular complexity index is 647. The van der Waals surface area contributed by atoms with Crippen molar-refractivity contribution in [3.05, 3.63) is 33.8 Å². The SMILES string of the molecule is CNCc1n[nH]c(C)c1S(=O)(=O)NCCc1cccs1. The van der Waals surface area contributed by atoms with E-state index in [0.717, 1.165) is 4.88 Å². The molecule has 110 valence electrons. The van der Waals surface area contributed by atoms with E-state index < -0.39 is 10.0 Å². The molecule has 0 bridgehead atoms. The van der Waals surface area contributed by atoms with Crippen LogP contribution in [0.3, 0.4) is 0 Å². The molecule has 0 aromatic carbocycles. The zero-order chi connectivity index (χ0) is 14.6. The lowest BCUT2D eigenvalue weighted by Crippen LogP contribution is -2.27. The van der Waals surface area contributed by atoms with Crippen molar-refractivity contribution in [3.8, 4) is 0 Å². The van der Waals surface area contributed by atoms with Gasteiger partial charge in [-0.3, -0.25) is 5.10 Å². The van der Waals surface area contributed by atoms with Crippen molar-refractivity contribution in [2.24, 2.45) is 0 Å². The zero-order valence-electron chi connectivity index (χ0n) is 11.4. The molecule has 2 aromatic heterocycles. The van der Waals surface area contributed by atoms with Crippen molar-refractivity contribution in [1.82, 2.24) is 20.2 Å². The highest BCUT2D eigenvalue weighted by Crippen LogP contribution is 2.17. The lowest BCUT2D eigenvalue weighted by atomic mass is 10.3. The lowest BCUT2D eigenvalue weighted by molar-refractivity contribution is 0.579. The maximum absolute atomic E-state index is 12.3. The second kappa shape index (κ2) is 6.49. The standard InChI is InChI=1S/C12H18N4O2S2/c1-9-12(11(8-13-2)16-15-9)20(17,18)14-6-5-10-4-3-7-19-10/h3-4,7,13-14H,5-6,8H2,1-2H3,(H,15,16). The molecule has 0 amide bonds. The van der Waals surface area contributed by atoms with Gasteiger partial charge in [-0.1, -0.05) is 6.07 Å². The van der Waals surface area contributed by atoms with E-state index in [9.17, 15) is 8.42 Å². The van der Waals surface area contributed by atoms with Crippen LogP contribution < -0.4 is 10.0 Å². The monoisotopic (exact) mass is 314 g/mol. The summed E-state index contributed by atoms with van der Waals surface area (Å²) in [6, 6.07) is 3.95. The highest BCUT2D eigenvalue weighted by atomic mass is 32.2. The summed E-state index contributed by atoms with van der Waals surface area (Å²) in [5.74, 6) is 0. The molecule has 0 fully saturated rings. The van der Waals surface area contributed by atoms with Crippen LogP contribution in [0.1, 0.15) is 16.3 Å². The maximum atomic E-state index is 12.3. The minimum atomic E-state index is -3.53. The Morgan fingerprint density at radius 3 is 2.90 bits per heavy atom. The molecule has 0 saturated carbocycles. The predicted octanol–water partition coefficient (Wildman–Crippen LogP) is 1.02. The Kier molecular flexibility index (Phi) is 4.92. The van der Waals surface area contributed by atoms with Crippen molar-refractivity contribution in [2.45, 2.75) is 24.8 Å². The molecule has 0 saturated heterocycles. The topological polar surface area (TPSA) is 86.9 Å². The number of thiophene rings is 1. The molecule has 20 heavy (non-hydrogen) atoms. The molecule has 0 aliphatic carbocycles. The molecular weight excluding hydrogens is 296 g/mol. The first-order valence-electron chi connectivity index (χ1n) is 6.25. The van der Waals surface area contributed by atoms with Gasteiger partial charge in [0.05, 0.1) is 11.4 Å². The van der Waals surface area contributed by atoms with Crippen LogP contribution in [-0.4, -0.2) is 32.2 Å². The Balaban J connectivity index is 2.08. The molecule has 0 radical (unpaired) electrons. The van der Waals surface area contributed by atoms with Crippen molar-refractivity contribution in [2.75, 3.05) is 13.6 Å². The summed E-state index contributed by atoms with van der Waals surface area (Å²) in [5, 5.41) is 11.6. The quantitative estimate of drug-likeness (QED) is 0.712. The molecule has 0 aliphatic rings. The van der Waals surface area contributed by atoms with Crippen molar-refractivity contribution < 1.29 is 8.42 Å². The Morgan fingerprint density at radius 1 is 1.45 bits per heavy atom. The first kappa shape index (κ1) is 15.2. The number of aryl methyl sites for hydroxylation is 1. The number of H-pyrrole nitrogens is 1. The van der Waals surface area contributed by atoms with Crippen LogP contribution in [0.5, 0.6) is 0 Å². The van der Waals surface area contributed by atoms with E-state index in [1.165, 1.54) is 0 Å². The highest BCUT2D eigenvalue weighted by Gasteiger charge is 2.23. The van der Waals surface area contributed by atoms with Gasteiger partial charge in [0.25, 0.3) is 0 Å². The average molecular weight is 314 g/mol. The molecule has 0 atom stereocenters. The van der Waals surface area contributed by atoms with Crippen molar-refractivity contribution in [3.63, 3.8) is 0 Å². The van der Waals surface area contributed by atoms with Gasteiger partial charge in [0.2, 0.25) is 10.0 Å². The summed E-state index contributed by atoms with van der Waals surface area (Å²) < 4.78 is 27.3. The van der Waals surface area contributed by atoms with Gasteiger partial charge in [0.1, 0.15) is 4.90 Å². The van der Waals surface area contributed by atoms with E-state index in [2.05, 4.69) is 20.2 Å². The number of aromatic amines is 1. The normalized spacial score (nSPS) is 11.9. The predicted molar refractivity (Wildman–Crippen MR) is 79.3 cm³/mol. The fraction of sp³-hybridized carbons (Fsp3) is 0.417. The van der Waals surface area contributed by atoms with Gasteiger partial charge in [-0.25, -0.2) is 13.1 Å².